The third-order valence-corrected chi connectivity index (χ3v) is 12.3. The molecule has 0 N–H and O–H groups in total. The van der Waals surface area contributed by atoms with Crippen molar-refractivity contribution < 1.29 is 0 Å². The molecule has 0 fully saturated rings. The molecule has 0 unspecified atom stereocenters. The average molecular weight is 731 g/mol. The molecule has 272 valence electrons. The third-order valence-electron chi connectivity index (χ3n) is 12.3. The van der Waals surface area contributed by atoms with Gasteiger partial charge < -0.3 is 9.13 Å². The summed E-state index contributed by atoms with van der Waals surface area (Å²) in [6.45, 7) is 9.13. The van der Waals surface area contributed by atoms with Crippen LogP contribution in [-0.4, -0.2) is 9.13 Å². The number of rotatable bonds is 5. The van der Waals surface area contributed by atoms with Gasteiger partial charge >= 0.3 is 0 Å². The number of benzene rings is 8. The monoisotopic (exact) mass is 730 g/mol. The lowest BCUT2D eigenvalue weighted by Gasteiger charge is -2.22. The largest absolute Gasteiger partial charge is 0.309 e. The Morgan fingerprint density at radius 1 is 0.386 bits per heavy atom. The Labute approximate surface area is 333 Å². The molecule has 2 aromatic heterocycles. The van der Waals surface area contributed by atoms with Crippen molar-refractivity contribution in [2.45, 2.75) is 33.1 Å². The number of para-hydroxylation sites is 3. The maximum absolute atomic E-state index is 2.44. The minimum absolute atomic E-state index is 0.133. The third kappa shape index (κ3) is 5.25. The maximum Gasteiger partial charge on any atom is 0.0541 e. The highest BCUT2D eigenvalue weighted by molar-refractivity contribution is 6.11. The van der Waals surface area contributed by atoms with Crippen LogP contribution in [0.1, 0.15) is 47.2 Å². The molecule has 2 heteroatoms. The van der Waals surface area contributed by atoms with E-state index in [9.17, 15) is 0 Å². The lowest BCUT2D eigenvalue weighted by Crippen LogP contribution is -2.15. The number of hydrogen-bond donors (Lipinski definition) is 0. The smallest absolute Gasteiger partial charge is 0.0541 e. The lowest BCUT2D eigenvalue weighted by atomic mass is 9.81. The summed E-state index contributed by atoms with van der Waals surface area (Å²) in [7, 11) is 0. The van der Waals surface area contributed by atoms with Crippen LogP contribution in [0, 0.1) is 13.8 Å². The van der Waals surface area contributed by atoms with Crippen molar-refractivity contribution in [1.82, 2.24) is 9.13 Å². The molecule has 0 aliphatic heterocycles. The first kappa shape index (κ1) is 33.4. The molecular weight excluding hydrogens is 689 g/mol. The van der Waals surface area contributed by atoms with Crippen LogP contribution in [0.4, 0.5) is 0 Å². The minimum Gasteiger partial charge on any atom is -0.309 e. The first-order valence-electron chi connectivity index (χ1n) is 20.0. The number of fused-ring (bicyclic) bond motifs is 9. The first-order valence-corrected chi connectivity index (χ1v) is 20.0. The highest BCUT2D eigenvalue weighted by atomic mass is 15.0. The van der Waals surface area contributed by atoms with Crippen molar-refractivity contribution >= 4 is 55.8 Å². The molecule has 1 aliphatic rings. The van der Waals surface area contributed by atoms with Gasteiger partial charge in [0, 0.05) is 38.3 Å². The second-order valence-corrected chi connectivity index (χ2v) is 16.4. The maximum atomic E-state index is 2.44. The standard InChI is InChI=1S/C55H42N2/c1-35-28-36(2)30-42(29-35)57-52-17-11-9-15-46(52)48-33-39(23-27-54(48)57)40-22-25-44-43-24-20-38(32-49(43)55(3,4)50(44)34-40)19-18-37-21-26-53-47(31-37)45-14-8-10-16-51(45)56(53)41-12-6-5-7-13-41/h5-34H,1-4H3. The Balaban J connectivity index is 0.933. The highest BCUT2D eigenvalue weighted by Gasteiger charge is 2.35. The van der Waals surface area contributed by atoms with E-state index >= 15 is 0 Å². The van der Waals surface area contributed by atoms with Gasteiger partial charge in [-0.05, 0) is 136 Å². The molecule has 11 rings (SSSR count). The summed E-state index contributed by atoms with van der Waals surface area (Å²) < 4.78 is 4.79. The molecule has 1 aliphatic carbocycles. The molecule has 10 aromatic rings. The molecule has 57 heavy (non-hydrogen) atoms. The van der Waals surface area contributed by atoms with E-state index in [1.54, 1.807) is 0 Å². The molecule has 0 radical (unpaired) electrons. The topological polar surface area (TPSA) is 9.86 Å². The number of aryl methyl sites for hydroxylation is 2. The summed E-state index contributed by atoms with van der Waals surface area (Å²) in [4.78, 5) is 0. The van der Waals surface area contributed by atoms with Crippen molar-refractivity contribution in [2.75, 3.05) is 0 Å². The van der Waals surface area contributed by atoms with E-state index in [0.29, 0.717) is 0 Å². The molecule has 2 heterocycles. The van der Waals surface area contributed by atoms with Crippen LogP contribution >= 0.6 is 0 Å². The Morgan fingerprint density at radius 2 is 0.877 bits per heavy atom. The van der Waals surface area contributed by atoms with E-state index in [4.69, 9.17) is 0 Å². The van der Waals surface area contributed by atoms with Gasteiger partial charge in [0.2, 0.25) is 0 Å². The van der Waals surface area contributed by atoms with E-state index in [2.05, 4.69) is 219 Å². The number of nitrogens with zero attached hydrogens (tertiary/aromatic N) is 2. The second-order valence-electron chi connectivity index (χ2n) is 16.4. The summed E-state index contributed by atoms with van der Waals surface area (Å²) in [6, 6.07) is 63.0. The SMILES string of the molecule is Cc1cc(C)cc(-n2c3ccccc3c3cc(-c4ccc5c(c4)C(C)(C)c4cc(C=Cc6ccc7c(c6)c6ccccc6n7-c6ccccc6)ccc4-5)ccc32)c1. The van der Waals surface area contributed by atoms with E-state index in [0.717, 1.165) is 0 Å². The van der Waals surface area contributed by atoms with E-state index in [-0.39, 0.29) is 5.41 Å². The van der Waals surface area contributed by atoms with Gasteiger partial charge in [0.25, 0.3) is 0 Å². The zero-order chi connectivity index (χ0) is 38.4. The zero-order valence-electron chi connectivity index (χ0n) is 32.7. The highest BCUT2D eigenvalue weighted by Crippen LogP contribution is 2.50. The van der Waals surface area contributed by atoms with Crippen LogP contribution in [0.15, 0.2) is 170 Å². The molecule has 8 aromatic carbocycles. The van der Waals surface area contributed by atoms with Crippen molar-refractivity contribution in [3.05, 3.63) is 203 Å². The normalized spacial score (nSPS) is 13.3. The molecule has 0 amide bonds. The molecule has 0 spiro atoms. The van der Waals surface area contributed by atoms with Gasteiger partial charge in [-0.2, -0.15) is 0 Å². The molecular formula is C55H42N2. The molecule has 0 saturated heterocycles. The predicted octanol–water partition coefficient (Wildman–Crippen LogP) is 14.6. The summed E-state index contributed by atoms with van der Waals surface area (Å²) >= 11 is 0. The fourth-order valence-electron chi connectivity index (χ4n) is 9.69. The van der Waals surface area contributed by atoms with Crippen LogP contribution < -0.4 is 0 Å². The molecule has 0 atom stereocenters. The Morgan fingerprint density at radius 3 is 1.58 bits per heavy atom. The zero-order valence-corrected chi connectivity index (χ0v) is 32.7. The van der Waals surface area contributed by atoms with Crippen molar-refractivity contribution in [3.63, 3.8) is 0 Å². The van der Waals surface area contributed by atoms with Gasteiger partial charge in [0.05, 0.1) is 22.1 Å². The van der Waals surface area contributed by atoms with Gasteiger partial charge in [-0.15, -0.1) is 0 Å². The second kappa shape index (κ2) is 12.6. The molecule has 0 bridgehead atoms. The van der Waals surface area contributed by atoms with E-state index in [1.807, 2.05) is 0 Å². The van der Waals surface area contributed by atoms with Gasteiger partial charge in [-0.1, -0.05) is 129 Å². The van der Waals surface area contributed by atoms with Crippen molar-refractivity contribution in [2.24, 2.45) is 0 Å². The summed E-state index contributed by atoms with van der Waals surface area (Å²) in [5, 5.41) is 5.10. The van der Waals surface area contributed by atoms with Crippen LogP contribution in [0.2, 0.25) is 0 Å². The van der Waals surface area contributed by atoms with Gasteiger partial charge in [-0.25, -0.2) is 0 Å². The quantitative estimate of drug-likeness (QED) is 0.156. The van der Waals surface area contributed by atoms with Crippen LogP contribution in [-0.2, 0) is 5.41 Å². The summed E-state index contributed by atoms with van der Waals surface area (Å²) in [5.41, 5.74) is 20.1. The molecule has 0 saturated carbocycles. The minimum atomic E-state index is -0.133. The summed E-state index contributed by atoms with van der Waals surface area (Å²) in [5.74, 6) is 0. The number of aromatic nitrogens is 2. The average Bonchev–Trinajstić information content (AvgIpc) is 3.82. The van der Waals surface area contributed by atoms with E-state index in [1.165, 1.54) is 111 Å². The van der Waals surface area contributed by atoms with Crippen molar-refractivity contribution in [3.8, 4) is 33.6 Å². The van der Waals surface area contributed by atoms with Gasteiger partial charge in [-0.3, -0.25) is 0 Å². The van der Waals surface area contributed by atoms with Gasteiger partial charge in [0.1, 0.15) is 0 Å². The number of hydrogen-bond acceptors (Lipinski definition) is 0. The van der Waals surface area contributed by atoms with Crippen molar-refractivity contribution in [1.29, 1.82) is 0 Å². The molecule has 2 nitrogen and oxygen atoms in total. The Hall–Kier alpha value is -6.90. The van der Waals surface area contributed by atoms with Crippen LogP contribution in [0.5, 0.6) is 0 Å². The lowest BCUT2D eigenvalue weighted by molar-refractivity contribution is 0.660. The summed E-state index contributed by atoms with van der Waals surface area (Å²) in [6.07, 6.45) is 4.53. The van der Waals surface area contributed by atoms with Crippen LogP contribution in [0.3, 0.4) is 0 Å². The van der Waals surface area contributed by atoms with Crippen LogP contribution in [0.25, 0.3) is 89.4 Å². The predicted molar refractivity (Wildman–Crippen MR) is 243 cm³/mol. The first-order chi connectivity index (χ1) is 27.8. The Bertz CT molecular complexity index is 3260. The Kier molecular flexibility index (Phi) is 7.37. The fraction of sp³-hybridized carbons (Fsp3) is 0.0909. The fourth-order valence-corrected chi connectivity index (χ4v) is 9.69. The van der Waals surface area contributed by atoms with E-state index < -0.39 is 0 Å². The van der Waals surface area contributed by atoms with Gasteiger partial charge in [0.15, 0.2) is 0 Å².